The smallest absolute Gasteiger partial charge is 0.282 e. The van der Waals surface area contributed by atoms with Gasteiger partial charge < -0.3 is 19.7 Å². The van der Waals surface area contributed by atoms with E-state index in [1.54, 1.807) is 44.6 Å². The summed E-state index contributed by atoms with van der Waals surface area (Å²) in [6.07, 6.45) is 0. The zero-order valence-corrected chi connectivity index (χ0v) is 19.0. The highest BCUT2D eigenvalue weighted by atomic mass is 32.1. The standard InChI is InChI=1S/C24H23N3O4S/c1-26(2)16-8-10-17(11-9-16)27-23(28)21(20-6-5-13-32-20)22(24(27)29)25-15-7-12-18(30-3)19(14-15)31-4/h5-14,25H,1-4H3. The molecule has 0 radical (unpaired) electrons. The van der Waals surface area contributed by atoms with Crippen molar-refractivity contribution < 1.29 is 19.1 Å². The molecule has 0 spiro atoms. The number of nitrogens with one attached hydrogen (secondary N) is 1. The molecule has 1 aliphatic rings. The molecule has 4 rings (SSSR count). The van der Waals surface area contributed by atoms with Crippen LogP contribution in [-0.2, 0) is 9.59 Å². The van der Waals surface area contributed by atoms with Crippen LogP contribution in [0.4, 0.5) is 17.1 Å². The Morgan fingerprint density at radius 2 is 1.62 bits per heavy atom. The second-order valence-corrected chi connectivity index (χ2v) is 8.23. The summed E-state index contributed by atoms with van der Waals surface area (Å²) in [6, 6.07) is 16.2. The molecule has 1 aromatic heterocycles. The SMILES string of the molecule is COc1ccc(NC2=C(c3cccs3)C(=O)N(c3ccc(N(C)C)cc3)C2=O)cc1OC. The number of rotatable bonds is 7. The minimum Gasteiger partial charge on any atom is -0.493 e. The molecular weight excluding hydrogens is 426 g/mol. The molecule has 32 heavy (non-hydrogen) atoms. The maximum Gasteiger partial charge on any atom is 0.282 e. The minimum absolute atomic E-state index is 0.223. The molecule has 2 heterocycles. The van der Waals surface area contributed by atoms with Crippen LogP contribution < -0.4 is 24.6 Å². The summed E-state index contributed by atoms with van der Waals surface area (Å²) in [7, 11) is 6.97. The first-order chi connectivity index (χ1) is 15.4. The van der Waals surface area contributed by atoms with Gasteiger partial charge in [-0.2, -0.15) is 0 Å². The monoisotopic (exact) mass is 449 g/mol. The second-order valence-electron chi connectivity index (χ2n) is 7.28. The molecule has 0 atom stereocenters. The van der Waals surface area contributed by atoms with E-state index in [4.69, 9.17) is 9.47 Å². The molecule has 1 aliphatic heterocycles. The van der Waals surface area contributed by atoms with E-state index in [1.165, 1.54) is 16.2 Å². The fourth-order valence-electron chi connectivity index (χ4n) is 3.49. The summed E-state index contributed by atoms with van der Waals surface area (Å²) < 4.78 is 10.6. The van der Waals surface area contributed by atoms with Gasteiger partial charge in [0.25, 0.3) is 11.8 Å². The van der Waals surface area contributed by atoms with Gasteiger partial charge in [-0.3, -0.25) is 9.59 Å². The van der Waals surface area contributed by atoms with Gasteiger partial charge in [-0.05, 0) is 47.8 Å². The van der Waals surface area contributed by atoms with Crippen molar-refractivity contribution in [2.24, 2.45) is 0 Å². The van der Waals surface area contributed by atoms with Crippen molar-refractivity contribution in [1.82, 2.24) is 0 Å². The molecule has 0 fully saturated rings. The van der Waals surface area contributed by atoms with Crippen molar-refractivity contribution in [1.29, 1.82) is 0 Å². The Bertz CT molecular complexity index is 1180. The molecule has 3 aromatic rings. The molecular formula is C24H23N3O4S. The lowest BCUT2D eigenvalue weighted by Crippen LogP contribution is -2.32. The van der Waals surface area contributed by atoms with Gasteiger partial charge in [0.2, 0.25) is 0 Å². The number of methoxy groups -OCH3 is 2. The summed E-state index contributed by atoms with van der Waals surface area (Å²) in [5, 5.41) is 5.02. The maximum absolute atomic E-state index is 13.4. The Labute approximate surface area is 190 Å². The lowest BCUT2D eigenvalue weighted by Gasteiger charge is -2.18. The molecule has 2 amide bonds. The quantitative estimate of drug-likeness (QED) is 0.545. The van der Waals surface area contributed by atoms with Crippen molar-refractivity contribution in [2.45, 2.75) is 0 Å². The summed E-state index contributed by atoms with van der Waals surface area (Å²) in [5.41, 5.74) is 2.67. The average Bonchev–Trinajstić information content (AvgIpc) is 3.40. The van der Waals surface area contributed by atoms with Gasteiger partial charge in [0, 0.05) is 36.4 Å². The number of benzene rings is 2. The third-order valence-electron chi connectivity index (χ3n) is 5.13. The van der Waals surface area contributed by atoms with Crippen LogP contribution in [0.3, 0.4) is 0 Å². The normalized spacial score (nSPS) is 13.6. The van der Waals surface area contributed by atoms with E-state index >= 15 is 0 Å². The first-order valence-corrected chi connectivity index (χ1v) is 10.8. The first-order valence-electron chi connectivity index (χ1n) is 9.88. The van der Waals surface area contributed by atoms with Gasteiger partial charge in [-0.1, -0.05) is 6.07 Å². The number of hydrogen-bond acceptors (Lipinski definition) is 7. The van der Waals surface area contributed by atoms with Gasteiger partial charge >= 0.3 is 0 Å². The highest BCUT2D eigenvalue weighted by molar-refractivity contribution is 7.11. The van der Waals surface area contributed by atoms with E-state index in [0.29, 0.717) is 28.4 Å². The molecule has 2 aromatic carbocycles. The van der Waals surface area contributed by atoms with Crippen molar-refractivity contribution in [2.75, 3.05) is 43.4 Å². The molecule has 0 aliphatic carbocycles. The molecule has 0 bridgehead atoms. The van der Waals surface area contributed by atoms with E-state index in [1.807, 2.05) is 48.6 Å². The number of thiophene rings is 1. The fraction of sp³-hybridized carbons (Fsp3) is 0.167. The summed E-state index contributed by atoms with van der Waals surface area (Å²) in [6.45, 7) is 0. The molecule has 164 valence electrons. The third-order valence-corrected chi connectivity index (χ3v) is 6.02. The van der Waals surface area contributed by atoms with Crippen LogP contribution in [0.1, 0.15) is 4.88 Å². The zero-order valence-electron chi connectivity index (χ0n) is 18.2. The van der Waals surface area contributed by atoms with Crippen LogP contribution in [0.5, 0.6) is 11.5 Å². The van der Waals surface area contributed by atoms with Gasteiger partial charge in [0.1, 0.15) is 5.70 Å². The minimum atomic E-state index is -0.411. The van der Waals surface area contributed by atoms with Crippen molar-refractivity contribution >= 4 is 45.8 Å². The Kier molecular flexibility index (Phi) is 5.87. The van der Waals surface area contributed by atoms with Crippen LogP contribution in [0.25, 0.3) is 5.57 Å². The van der Waals surface area contributed by atoms with E-state index in [-0.39, 0.29) is 11.6 Å². The van der Waals surface area contributed by atoms with Crippen molar-refractivity contribution in [3.63, 3.8) is 0 Å². The average molecular weight is 450 g/mol. The predicted octanol–water partition coefficient (Wildman–Crippen LogP) is 4.23. The van der Waals surface area contributed by atoms with Crippen molar-refractivity contribution in [3.8, 4) is 11.5 Å². The summed E-state index contributed by atoms with van der Waals surface area (Å²) in [5.74, 6) is 0.314. The van der Waals surface area contributed by atoms with E-state index < -0.39 is 5.91 Å². The van der Waals surface area contributed by atoms with Gasteiger partial charge in [0.05, 0.1) is 25.5 Å². The Morgan fingerprint density at radius 3 is 2.22 bits per heavy atom. The predicted molar refractivity (Wildman–Crippen MR) is 128 cm³/mol. The number of hydrogen-bond donors (Lipinski definition) is 1. The van der Waals surface area contributed by atoms with Crippen molar-refractivity contribution in [3.05, 3.63) is 70.6 Å². The van der Waals surface area contributed by atoms with E-state index in [2.05, 4.69) is 5.32 Å². The van der Waals surface area contributed by atoms with E-state index in [0.717, 1.165) is 10.6 Å². The Hall–Kier alpha value is -3.78. The van der Waals surface area contributed by atoms with Crippen LogP contribution in [0.15, 0.2) is 65.7 Å². The number of imide groups is 1. The number of ether oxygens (including phenoxy) is 2. The van der Waals surface area contributed by atoms with Crippen LogP contribution in [0.2, 0.25) is 0 Å². The number of carbonyl (C=O) groups excluding carboxylic acids is 2. The van der Waals surface area contributed by atoms with Gasteiger partial charge in [-0.15, -0.1) is 11.3 Å². The third kappa shape index (κ3) is 3.80. The number of amides is 2. The summed E-state index contributed by atoms with van der Waals surface area (Å²) >= 11 is 1.41. The lowest BCUT2D eigenvalue weighted by molar-refractivity contribution is -0.120. The highest BCUT2D eigenvalue weighted by Crippen LogP contribution is 2.37. The Balaban J connectivity index is 1.74. The van der Waals surface area contributed by atoms with Crippen LogP contribution in [-0.4, -0.2) is 40.1 Å². The van der Waals surface area contributed by atoms with Crippen LogP contribution in [0, 0.1) is 0 Å². The Morgan fingerprint density at radius 1 is 0.906 bits per heavy atom. The van der Waals surface area contributed by atoms with E-state index in [9.17, 15) is 9.59 Å². The molecule has 8 heteroatoms. The molecule has 0 unspecified atom stereocenters. The summed E-state index contributed by atoms with van der Waals surface area (Å²) in [4.78, 5) is 30.7. The zero-order chi connectivity index (χ0) is 22.8. The number of carbonyl (C=O) groups is 2. The largest absolute Gasteiger partial charge is 0.493 e. The second kappa shape index (κ2) is 8.76. The molecule has 1 N–H and O–H groups in total. The molecule has 7 nitrogen and oxygen atoms in total. The number of nitrogens with zero attached hydrogens (tertiary/aromatic N) is 2. The topological polar surface area (TPSA) is 71.1 Å². The van der Waals surface area contributed by atoms with Gasteiger partial charge in [0.15, 0.2) is 11.5 Å². The number of anilines is 3. The molecule has 0 saturated carbocycles. The molecule has 0 saturated heterocycles. The van der Waals surface area contributed by atoms with Crippen LogP contribution >= 0.6 is 11.3 Å². The van der Waals surface area contributed by atoms with Gasteiger partial charge in [-0.25, -0.2) is 4.90 Å². The lowest BCUT2D eigenvalue weighted by atomic mass is 10.1. The maximum atomic E-state index is 13.4. The fourth-order valence-corrected chi connectivity index (χ4v) is 4.26. The first kappa shape index (κ1) is 21.5. The highest BCUT2D eigenvalue weighted by Gasteiger charge is 2.40.